The van der Waals surface area contributed by atoms with E-state index in [1.807, 2.05) is 6.07 Å². The zero-order valence-corrected chi connectivity index (χ0v) is 17.2. The molecule has 0 aliphatic heterocycles. The van der Waals surface area contributed by atoms with Gasteiger partial charge in [0.05, 0.1) is 5.56 Å². The van der Waals surface area contributed by atoms with Gasteiger partial charge in [0, 0.05) is 23.9 Å². The Kier molecular flexibility index (Phi) is 11.7. The summed E-state index contributed by atoms with van der Waals surface area (Å²) in [6, 6.07) is 3.88. The van der Waals surface area contributed by atoms with Crippen LogP contribution in [0.2, 0.25) is 0 Å². The van der Waals surface area contributed by atoms with Crippen molar-refractivity contribution in [1.29, 1.82) is 0 Å². The van der Waals surface area contributed by atoms with Crippen LogP contribution in [-0.4, -0.2) is 35.0 Å². The van der Waals surface area contributed by atoms with Gasteiger partial charge in [0.2, 0.25) is 0 Å². The fraction of sp³-hybridized carbons (Fsp3) is 0.632. The monoisotopic (exact) mass is 410 g/mol. The van der Waals surface area contributed by atoms with Crippen LogP contribution in [0.5, 0.6) is 0 Å². The smallest absolute Gasteiger partial charge is 0.335 e. The molecule has 122 valence electrons. The van der Waals surface area contributed by atoms with Gasteiger partial charge in [-0.15, -0.1) is 0 Å². The van der Waals surface area contributed by atoms with Crippen LogP contribution in [0.1, 0.15) is 86.3 Å². The largest absolute Gasteiger partial charge is 0.478 e. The maximum Gasteiger partial charge on any atom is 0.335 e. The zero-order valence-electron chi connectivity index (χ0n) is 14.4. The van der Waals surface area contributed by atoms with E-state index in [2.05, 4.69) is 26.8 Å². The van der Waals surface area contributed by atoms with Gasteiger partial charge in [0.1, 0.15) is 0 Å². The van der Waals surface area contributed by atoms with Gasteiger partial charge >= 0.3 is 5.97 Å². The molecule has 0 saturated carbocycles. The van der Waals surface area contributed by atoms with Crippen molar-refractivity contribution in [2.24, 2.45) is 0 Å². The predicted molar refractivity (Wildman–Crippen MR) is 95.0 cm³/mol. The van der Waals surface area contributed by atoms with Crippen LogP contribution in [0, 0.1) is 0 Å². The van der Waals surface area contributed by atoms with Gasteiger partial charge in [-0.2, -0.15) is 0 Å². The molecule has 0 aromatic heterocycles. The van der Waals surface area contributed by atoms with Crippen molar-refractivity contribution >= 4 is 29.9 Å². The third-order valence-corrected chi connectivity index (χ3v) is 4.12. The summed E-state index contributed by atoms with van der Waals surface area (Å²) < 4.78 is 0. The van der Waals surface area contributed by atoms with Crippen LogP contribution in [0.25, 0.3) is 0 Å². The molecular weight excluding hydrogens is 379 g/mol. The number of benzene rings is 1. The summed E-state index contributed by atoms with van der Waals surface area (Å²) in [6.45, 7) is 6.56. The maximum absolute atomic E-state index is 11.5. The molecule has 0 amide bonds. The standard InChI is InChI=1S/C19H30O2.Sn/c1-4-7-10-15-13-14-18(19(20)21)17(12-9-6-3)16(15)11-8-5-2;/h13-14H,4-12H2,1-3H3,(H,20,21);. The second-order valence-corrected chi connectivity index (χ2v) is 5.85. The van der Waals surface area contributed by atoms with Gasteiger partial charge < -0.3 is 5.11 Å². The first kappa shape index (κ1) is 21.5. The molecular formula is C19H30O2Sn. The molecule has 0 atom stereocenters. The molecule has 0 fully saturated rings. The molecule has 1 aromatic rings. The Morgan fingerprint density at radius 3 is 1.86 bits per heavy atom. The molecule has 0 aliphatic rings. The fourth-order valence-corrected chi connectivity index (χ4v) is 2.85. The normalized spacial score (nSPS) is 10.3. The average Bonchev–Trinajstić information content (AvgIpc) is 2.48. The summed E-state index contributed by atoms with van der Waals surface area (Å²) in [7, 11) is 0. The van der Waals surface area contributed by atoms with Crippen LogP contribution in [0.4, 0.5) is 0 Å². The van der Waals surface area contributed by atoms with Crippen LogP contribution in [0.15, 0.2) is 12.1 Å². The third-order valence-electron chi connectivity index (χ3n) is 4.12. The summed E-state index contributed by atoms with van der Waals surface area (Å²) in [6.07, 6.45) is 9.82. The van der Waals surface area contributed by atoms with E-state index in [4.69, 9.17) is 0 Å². The SMILES string of the molecule is CCCCc1ccc(C(=O)O)c(CCCC)c1CCCC.[Sn]. The topological polar surface area (TPSA) is 37.3 Å². The third kappa shape index (κ3) is 6.31. The van der Waals surface area contributed by atoms with Crippen molar-refractivity contribution < 1.29 is 9.90 Å². The van der Waals surface area contributed by atoms with E-state index in [1.165, 1.54) is 24.0 Å². The number of hydrogen-bond acceptors (Lipinski definition) is 1. The van der Waals surface area contributed by atoms with Crippen molar-refractivity contribution in [3.05, 3.63) is 34.4 Å². The Bertz CT molecular complexity index is 455. The first-order valence-electron chi connectivity index (χ1n) is 8.52. The number of hydrogen-bond donors (Lipinski definition) is 1. The molecule has 0 aliphatic carbocycles. The van der Waals surface area contributed by atoms with Gasteiger partial charge in [-0.3, -0.25) is 0 Å². The molecule has 3 heteroatoms. The van der Waals surface area contributed by atoms with Crippen molar-refractivity contribution in [1.82, 2.24) is 0 Å². The minimum Gasteiger partial charge on any atom is -0.478 e. The Labute approximate surface area is 152 Å². The molecule has 0 bridgehead atoms. The van der Waals surface area contributed by atoms with E-state index in [-0.39, 0.29) is 23.9 Å². The van der Waals surface area contributed by atoms with Crippen molar-refractivity contribution in [3.63, 3.8) is 0 Å². The zero-order chi connectivity index (χ0) is 15.7. The molecule has 0 unspecified atom stereocenters. The Morgan fingerprint density at radius 1 is 0.864 bits per heavy atom. The van der Waals surface area contributed by atoms with Gasteiger partial charge in [0.25, 0.3) is 0 Å². The van der Waals surface area contributed by atoms with E-state index < -0.39 is 5.97 Å². The summed E-state index contributed by atoms with van der Waals surface area (Å²) in [5.74, 6) is -0.777. The Balaban J connectivity index is 0.00000441. The number of carboxylic acids is 1. The summed E-state index contributed by atoms with van der Waals surface area (Å²) in [5, 5.41) is 9.48. The van der Waals surface area contributed by atoms with Crippen molar-refractivity contribution in [2.75, 3.05) is 0 Å². The summed E-state index contributed by atoms with van der Waals surface area (Å²) in [5.41, 5.74) is 4.33. The number of carbonyl (C=O) groups is 1. The van der Waals surface area contributed by atoms with Gasteiger partial charge in [-0.1, -0.05) is 46.1 Å². The first-order chi connectivity index (χ1) is 10.2. The van der Waals surface area contributed by atoms with Crippen molar-refractivity contribution in [3.8, 4) is 0 Å². The predicted octanol–water partition coefficient (Wildman–Crippen LogP) is 5.03. The molecule has 22 heavy (non-hydrogen) atoms. The van der Waals surface area contributed by atoms with E-state index in [1.54, 1.807) is 0 Å². The van der Waals surface area contributed by atoms with Crippen LogP contribution >= 0.6 is 0 Å². The minimum absolute atomic E-state index is 0. The maximum atomic E-state index is 11.5. The molecule has 2 nitrogen and oxygen atoms in total. The van der Waals surface area contributed by atoms with Gasteiger partial charge in [-0.05, 0) is 61.3 Å². The number of unbranched alkanes of at least 4 members (excludes halogenated alkanes) is 3. The first-order valence-corrected chi connectivity index (χ1v) is 8.52. The Hall–Kier alpha value is -0.511. The van der Waals surface area contributed by atoms with Crippen LogP contribution in [-0.2, 0) is 19.3 Å². The molecule has 0 saturated heterocycles. The number of aromatic carboxylic acids is 1. The van der Waals surface area contributed by atoms with Crippen LogP contribution in [0.3, 0.4) is 0 Å². The summed E-state index contributed by atoms with van der Waals surface area (Å²) >= 11 is 0. The van der Waals surface area contributed by atoms with E-state index in [0.717, 1.165) is 50.5 Å². The van der Waals surface area contributed by atoms with Gasteiger partial charge in [-0.25, -0.2) is 4.79 Å². The van der Waals surface area contributed by atoms with E-state index in [9.17, 15) is 9.90 Å². The molecule has 0 heterocycles. The molecule has 4 radical (unpaired) electrons. The molecule has 1 N–H and O–H groups in total. The summed E-state index contributed by atoms with van der Waals surface area (Å²) in [4.78, 5) is 11.5. The van der Waals surface area contributed by atoms with E-state index >= 15 is 0 Å². The van der Waals surface area contributed by atoms with E-state index in [0.29, 0.717) is 5.56 Å². The second-order valence-electron chi connectivity index (χ2n) is 5.85. The number of rotatable bonds is 10. The molecule has 0 spiro atoms. The number of carboxylic acid groups (broad SMARTS) is 1. The van der Waals surface area contributed by atoms with Gasteiger partial charge in [0.15, 0.2) is 0 Å². The molecule has 1 aromatic carbocycles. The fourth-order valence-electron chi connectivity index (χ4n) is 2.85. The Morgan fingerprint density at radius 2 is 1.36 bits per heavy atom. The number of aryl methyl sites for hydroxylation is 1. The second kappa shape index (κ2) is 12.0. The van der Waals surface area contributed by atoms with Crippen molar-refractivity contribution in [2.45, 2.75) is 78.6 Å². The van der Waals surface area contributed by atoms with Crippen LogP contribution < -0.4 is 0 Å². The minimum atomic E-state index is -0.777. The quantitative estimate of drug-likeness (QED) is 0.551. The average molecular weight is 409 g/mol. The molecule has 1 rings (SSSR count).